The Kier molecular flexibility index (Phi) is 12.1. The molecule has 9 heteroatoms. The normalized spacial score (nSPS) is 18.3. The zero-order chi connectivity index (χ0) is 34.0. The lowest BCUT2D eigenvalue weighted by Crippen LogP contribution is -2.39. The molecule has 7 rings (SSSR count). The first-order valence-electron chi connectivity index (χ1n) is 17.2. The van der Waals surface area contributed by atoms with E-state index in [4.69, 9.17) is 0 Å². The van der Waals surface area contributed by atoms with E-state index in [-0.39, 0.29) is 11.8 Å². The van der Waals surface area contributed by atoms with Crippen LogP contribution >= 0.6 is 11.8 Å². The van der Waals surface area contributed by atoms with Crippen molar-refractivity contribution in [1.82, 2.24) is 10.3 Å². The molecule has 0 radical (unpaired) electrons. The van der Waals surface area contributed by atoms with Crippen LogP contribution in [0.15, 0.2) is 83.4 Å². The largest absolute Gasteiger partial charge is 0.374 e. The minimum absolute atomic E-state index is 0.116. The van der Waals surface area contributed by atoms with E-state index >= 15 is 0 Å². The fourth-order valence-electron chi connectivity index (χ4n) is 6.15. The van der Waals surface area contributed by atoms with E-state index in [0.29, 0.717) is 28.9 Å². The third kappa shape index (κ3) is 8.55. The molecule has 4 aliphatic rings. The van der Waals surface area contributed by atoms with E-state index in [9.17, 15) is 14.4 Å². The number of hydrogen-bond acceptors (Lipinski definition) is 7. The van der Waals surface area contributed by atoms with Gasteiger partial charge < -0.3 is 20.4 Å². The Morgan fingerprint density at radius 3 is 2.44 bits per heavy atom. The predicted molar refractivity (Wildman–Crippen MR) is 199 cm³/mol. The second-order valence-corrected chi connectivity index (χ2v) is 13.4. The highest BCUT2D eigenvalue weighted by Crippen LogP contribution is 2.41. The number of benzene rings is 2. The van der Waals surface area contributed by atoms with Gasteiger partial charge in [-0.2, -0.15) is 0 Å². The summed E-state index contributed by atoms with van der Waals surface area (Å²) in [5, 5.41) is 5.98. The highest BCUT2D eigenvalue weighted by molar-refractivity contribution is 8.04. The molecule has 1 saturated carbocycles. The number of aldehydes is 1. The van der Waals surface area contributed by atoms with Gasteiger partial charge in [-0.05, 0) is 105 Å². The molecule has 1 atom stereocenters. The number of amides is 2. The topological polar surface area (TPSA) is 94.6 Å². The standard InChI is InChI=1S/C19H21N3O2.C18H20N2OS.C2H6/c1-14-5-2-3-12-22(14)18-17(6-4-11-20-18)19(24)21-16-9-7-15(13-23)8-10-16;1-20-9-8-12-10-17(18(21)19-13-6-7-13)22-11-15(12)14-4-2-3-5-16(14)20;1-2/h4,6-11,13-14H,2-3,5,12H2,1H3,(H,21,24);2-5,10,13H,6-9,11H2,1H3,(H,19,21);1-2H3/t14-;;/m0../s1. The molecule has 1 aromatic heterocycles. The van der Waals surface area contributed by atoms with Crippen molar-refractivity contribution < 1.29 is 14.4 Å². The number of nitrogens with one attached hydrogen (secondary N) is 2. The van der Waals surface area contributed by atoms with E-state index in [1.807, 2.05) is 13.8 Å². The van der Waals surface area contributed by atoms with Crippen LogP contribution in [0.3, 0.4) is 0 Å². The van der Waals surface area contributed by atoms with Crippen molar-refractivity contribution in [3.05, 3.63) is 100 Å². The molecule has 0 unspecified atom stereocenters. The maximum absolute atomic E-state index is 12.7. The lowest BCUT2D eigenvalue weighted by atomic mass is 9.98. The molecule has 3 aromatic rings. The van der Waals surface area contributed by atoms with E-state index < -0.39 is 0 Å². The molecular formula is C39H47N5O3S. The summed E-state index contributed by atoms with van der Waals surface area (Å²) < 4.78 is 0. The number of fused-ring (bicyclic) bond motifs is 2. The molecule has 1 saturated heterocycles. The number of carbonyl (C=O) groups excluding carboxylic acids is 3. The summed E-state index contributed by atoms with van der Waals surface area (Å²) in [5.41, 5.74) is 7.16. The number of anilines is 3. The number of allylic oxidation sites excluding steroid dienone is 1. The smallest absolute Gasteiger partial charge is 0.259 e. The summed E-state index contributed by atoms with van der Waals surface area (Å²) in [6.07, 6.45) is 11.4. The van der Waals surface area contributed by atoms with Crippen LogP contribution in [0, 0.1) is 0 Å². The Morgan fingerprint density at radius 1 is 0.938 bits per heavy atom. The number of pyridine rings is 1. The van der Waals surface area contributed by atoms with Crippen molar-refractivity contribution in [3.8, 4) is 0 Å². The Hall–Kier alpha value is -4.37. The summed E-state index contributed by atoms with van der Waals surface area (Å²) in [6, 6.07) is 19.8. The van der Waals surface area contributed by atoms with E-state index in [1.165, 1.54) is 28.8 Å². The number of carbonyl (C=O) groups is 3. The molecule has 8 nitrogen and oxygen atoms in total. The van der Waals surface area contributed by atoms with Crippen molar-refractivity contribution in [2.24, 2.45) is 0 Å². The van der Waals surface area contributed by atoms with Crippen molar-refractivity contribution in [2.45, 2.75) is 71.4 Å². The average Bonchev–Trinajstić information content (AvgIpc) is 3.97. The molecule has 2 fully saturated rings. The number of piperidine rings is 1. The monoisotopic (exact) mass is 665 g/mol. The van der Waals surface area contributed by atoms with Gasteiger partial charge in [0.25, 0.3) is 11.8 Å². The van der Waals surface area contributed by atoms with Crippen LogP contribution in [0.25, 0.3) is 5.57 Å². The van der Waals surface area contributed by atoms with Gasteiger partial charge in [0.15, 0.2) is 0 Å². The number of thioether (sulfide) groups is 1. The molecule has 0 bridgehead atoms. The van der Waals surface area contributed by atoms with Gasteiger partial charge in [0.05, 0.1) is 10.5 Å². The first kappa shape index (κ1) is 35.0. The number of rotatable bonds is 6. The second kappa shape index (κ2) is 16.6. The van der Waals surface area contributed by atoms with Crippen molar-refractivity contribution in [2.75, 3.05) is 41.0 Å². The van der Waals surface area contributed by atoms with Gasteiger partial charge in [0, 0.05) is 66.7 Å². The van der Waals surface area contributed by atoms with Crippen LogP contribution in [0.1, 0.15) is 85.6 Å². The first-order chi connectivity index (χ1) is 23.4. The molecule has 4 heterocycles. The van der Waals surface area contributed by atoms with Gasteiger partial charge in [-0.1, -0.05) is 32.0 Å². The highest BCUT2D eigenvalue weighted by atomic mass is 32.2. The van der Waals surface area contributed by atoms with Crippen LogP contribution in [-0.2, 0) is 4.79 Å². The zero-order valence-electron chi connectivity index (χ0n) is 28.5. The van der Waals surface area contributed by atoms with Crippen LogP contribution in [0.4, 0.5) is 17.2 Å². The molecule has 2 N–H and O–H groups in total. The minimum atomic E-state index is -0.185. The van der Waals surface area contributed by atoms with Gasteiger partial charge in [-0.15, -0.1) is 11.8 Å². The molecule has 2 aromatic carbocycles. The molecule has 252 valence electrons. The van der Waals surface area contributed by atoms with Crippen molar-refractivity contribution in [1.29, 1.82) is 0 Å². The first-order valence-corrected chi connectivity index (χ1v) is 18.2. The van der Waals surface area contributed by atoms with Crippen LogP contribution in [0.2, 0.25) is 0 Å². The van der Waals surface area contributed by atoms with Gasteiger partial charge in [-0.3, -0.25) is 14.4 Å². The number of para-hydroxylation sites is 1. The molecule has 48 heavy (non-hydrogen) atoms. The minimum Gasteiger partial charge on any atom is -0.374 e. The number of hydrogen-bond donors (Lipinski definition) is 2. The third-order valence-corrected chi connectivity index (χ3v) is 10.0. The molecule has 3 aliphatic heterocycles. The Labute approximate surface area is 289 Å². The SMILES string of the molecule is CC.CN1CCC2=C(CSC(C(=O)NC3CC3)=C2)c2ccccc21.C[C@H]1CCCCN1c1ncccc1C(=O)Nc1ccc(C=O)cc1. The number of nitrogens with zero attached hydrogens (tertiary/aromatic N) is 3. The second-order valence-electron chi connectivity index (χ2n) is 12.3. The summed E-state index contributed by atoms with van der Waals surface area (Å²) in [7, 11) is 2.15. The van der Waals surface area contributed by atoms with Crippen LogP contribution in [0.5, 0.6) is 0 Å². The fraction of sp³-hybridized carbons (Fsp3) is 0.385. The van der Waals surface area contributed by atoms with Crippen molar-refractivity contribution >= 4 is 52.6 Å². The van der Waals surface area contributed by atoms with Gasteiger partial charge in [0.2, 0.25) is 0 Å². The fourth-order valence-corrected chi connectivity index (χ4v) is 7.20. The maximum atomic E-state index is 12.7. The van der Waals surface area contributed by atoms with Crippen LogP contribution < -0.4 is 20.4 Å². The Morgan fingerprint density at radius 2 is 1.71 bits per heavy atom. The Bertz CT molecular complexity index is 1660. The number of aromatic nitrogens is 1. The Balaban J connectivity index is 0.000000179. The average molecular weight is 666 g/mol. The third-order valence-electron chi connectivity index (χ3n) is 8.97. The molecule has 2 amide bonds. The highest BCUT2D eigenvalue weighted by Gasteiger charge is 2.28. The quantitative estimate of drug-likeness (QED) is 0.260. The summed E-state index contributed by atoms with van der Waals surface area (Å²) in [6.45, 7) is 8.09. The summed E-state index contributed by atoms with van der Waals surface area (Å²) >= 11 is 1.67. The van der Waals surface area contributed by atoms with Crippen molar-refractivity contribution in [3.63, 3.8) is 0 Å². The lowest BCUT2D eigenvalue weighted by Gasteiger charge is -2.35. The van der Waals surface area contributed by atoms with E-state index in [0.717, 1.165) is 68.0 Å². The summed E-state index contributed by atoms with van der Waals surface area (Å²) in [4.78, 5) is 45.6. The molecular weight excluding hydrogens is 619 g/mol. The van der Waals surface area contributed by atoms with Gasteiger partial charge in [0.1, 0.15) is 12.1 Å². The molecule has 1 aliphatic carbocycles. The maximum Gasteiger partial charge on any atom is 0.259 e. The van der Waals surface area contributed by atoms with Crippen LogP contribution in [-0.4, -0.2) is 61.1 Å². The predicted octanol–water partition coefficient (Wildman–Crippen LogP) is 7.74. The van der Waals surface area contributed by atoms with Gasteiger partial charge in [-0.25, -0.2) is 4.98 Å². The van der Waals surface area contributed by atoms with E-state index in [2.05, 4.69) is 69.7 Å². The zero-order valence-corrected chi connectivity index (χ0v) is 29.3. The lowest BCUT2D eigenvalue weighted by molar-refractivity contribution is -0.116. The van der Waals surface area contributed by atoms with Gasteiger partial charge >= 0.3 is 0 Å². The summed E-state index contributed by atoms with van der Waals surface area (Å²) in [5.74, 6) is 1.57. The van der Waals surface area contributed by atoms with E-state index in [1.54, 1.807) is 54.4 Å². The molecule has 0 spiro atoms.